The predicted molar refractivity (Wildman–Crippen MR) is 80.3 cm³/mol. The van der Waals surface area contributed by atoms with Crippen LogP contribution >= 0.6 is 0 Å². The lowest BCUT2D eigenvalue weighted by Crippen LogP contribution is -2.46. The molecule has 1 fully saturated rings. The highest BCUT2D eigenvalue weighted by molar-refractivity contribution is 5.47. The molecule has 1 atom stereocenters. The summed E-state index contributed by atoms with van der Waals surface area (Å²) < 4.78 is 0. The molecule has 19 heavy (non-hydrogen) atoms. The zero-order valence-electron chi connectivity index (χ0n) is 12.1. The van der Waals surface area contributed by atoms with E-state index in [-0.39, 0.29) is 0 Å². The normalized spacial score (nSPS) is 24.9. The second kappa shape index (κ2) is 5.14. The molecule has 0 unspecified atom stereocenters. The summed E-state index contributed by atoms with van der Waals surface area (Å²) in [5.41, 5.74) is 9.78. The maximum atomic E-state index is 5.89. The van der Waals surface area contributed by atoms with Crippen molar-refractivity contribution in [2.24, 2.45) is 0 Å². The summed E-state index contributed by atoms with van der Waals surface area (Å²) in [4.78, 5) is 5.07. The molecule has 2 aliphatic rings. The van der Waals surface area contributed by atoms with Crippen LogP contribution in [0.3, 0.4) is 0 Å². The van der Waals surface area contributed by atoms with Gasteiger partial charge in [0, 0.05) is 17.8 Å². The predicted octanol–water partition coefficient (Wildman–Crippen LogP) is 1.76. The van der Waals surface area contributed by atoms with Crippen molar-refractivity contribution in [1.82, 2.24) is 9.80 Å². The van der Waals surface area contributed by atoms with Crippen molar-refractivity contribution >= 4 is 5.69 Å². The van der Waals surface area contributed by atoms with Crippen LogP contribution in [-0.4, -0.2) is 49.1 Å². The third kappa shape index (κ3) is 2.63. The van der Waals surface area contributed by atoms with Crippen LogP contribution in [0.25, 0.3) is 0 Å². The Kier molecular flexibility index (Phi) is 3.50. The molecule has 0 radical (unpaired) electrons. The van der Waals surface area contributed by atoms with Crippen molar-refractivity contribution in [3.8, 4) is 0 Å². The van der Waals surface area contributed by atoms with Crippen LogP contribution in [0.15, 0.2) is 18.2 Å². The summed E-state index contributed by atoms with van der Waals surface area (Å²) in [5.74, 6) is 0. The van der Waals surface area contributed by atoms with E-state index in [0.717, 1.165) is 11.7 Å². The molecular formula is C16H25N3. The van der Waals surface area contributed by atoms with E-state index >= 15 is 0 Å². The molecule has 3 nitrogen and oxygen atoms in total. The van der Waals surface area contributed by atoms with E-state index in [9.17, 15) is 0 Å². The van der Waals surface area contributed by atoms with E-state index in [1.54, 1.807) is 0 Å². The quantitative estimate of drug-likeness (QED) is 0.822. The molecular weight excluding hydrogens is 234 g/mol. The molecule has 1 aliphatic carbocycles. The molecule has 2 N–H and O–H groups in total. The van der Waals surface area contributed by atoms with E-state index in [2.05, 4.69) is 36.0 Å². The van der Waals surface area contributed by atoms with Crippen molar-refractivity contribution in [2.75, 3.05) is 32.9 Å². The Balaban J connectivity index is 1.61. The number of benzene rings is 1. The molecule has 1 saturated heterocycles. The summed E-state index contributed by atoms with van der Waals surface area (Å²) in [6.07, 6.45) is 5.01. The molecule has 0 amide bonds. The Morgan fingerprint density at radius 1 is 1.11 bits per heavy atom. The first-order valence-corrected chi connectivity index (χ1v) is 7.41. The van der Waals surface area contributed by atoms with E-state index in [1.807, 2.05) is 6.07 Å². The topological polar surface area (TPSA) is 32.5 Å². The van der Waals surface area contributed by atoms with Gasteiger partial charge in [0.2, 0.25) is 0 Å². The Hall–Kier alpha value is -1.06. The minimum atomic E-state index is 0.708. The fourth-order valence-electron chi connectivity index (χ4n) is 3.64. The molecule has 0 bridgehead atoms. The fraction of sp³-hybridized carbons (Fsp3) is 0.625. The van der Waals surface area contributed by atoms with Gasteiger partial charge in [0.25, 0.3) is 0 Å². The zero-order chi connectivity index (χ0) is 13.4. The first-order valence-electron chi connectivity index (χ1n) is 7.41. The Morgan fingerprint density at radius 3 is 2.47 bits per heavy atom. The molecule has 0 saturated carbocycles. The highest BCUT2D eigenvalue weighted by atomic mass is 15.2. The zero-order valence-corrected chi connectivity index (χ0v) is 12.1. The smallest absolute Gasteiger partial charge is 0.0316 e. The van der Waals surface area contributed by atoms with Crippen LogP contribution in [0.4, 0.5) is 5.69 Å². The van der Waals surface area contributed by atoms with Gasteiger partial charge in [-0.05, 0) is 76.1 Å². The average molecular weight is 259 g/mol. The van der Waals surface area contributed by atoms with Crippen molar-refractivity contribution in [2.45, 2.75) is 37.8 Å². The second-order valence-electron chi connectivity index (χ2n) is 6.32. The molecule has 1 heterocycles. The molecule has 1 aliphatic heterocycles. The molecule has 3 heteroatoms. The second-order valence-corrected chi connectivity index (χ2v) is 6.32. The first kappa shape index (κ1) is 12.9. The van der Waals surface area contributed by atoms with Crippen molar-refractivity contribution in [1.29, 1.82) is 0 Å². The van der Waals surface area contributed by atoms with Gasteiger partial charge in [-0.3, -0.25) is 4.90 Å². The number of rotatable bonds is 2. The third-order valence-corrected chi connectivity index (χ3v) is 4.89. The molecule has 3 rings (SSSR count). The summed E-state index contributed by atoms with van der Waals surface area (Å²) in [6, 6.07) is 7.91. The lowest BCUT2D eigenvalue weighted by atomic mass is 10.0. The highest BCUT2D eigenvalue weighted by Gasteiger charge is 2.30. The number of hydrogen-bond donors (Lipinski definition) is 1. The van der Waals surface area contributed by atoms with Gasteiger partial charge in [-0.1, -0.05) is 6.07 Å². The van der Waals surface area contributed by atoms with Crippen LogP contribution in [0, 0.1) is 0 Å². The summed E-state index contributed by atoms with van der Waals surface area (Å²) in [5, 5.41) is 0. The van der Waals surface area contributed by atoms with Gasteiger partial charge >= 0.3 is 0 Å². The average Bonchev–Trinajstić information content (AvgIpc) is 2.81. The SMILES string of the molecule is CN(C)C1CCN([C@H]2Cc3ccc(N)cc3C2)CC1. The molecule has 1 aromatic rings. The van der Waals surface area contributed by atoms with Gasteiger partial charge in [-0.25, -0.2) is 0 Å². The fourth-order valence-corrected chi connectivity index (χ4v) is 3.64. The largest absolute Gasteiger partial charge is 0.399 e. The molecule has 1 aromatic carbocycles. The number of likely N-dealkylation sites (tertiary alicyclic amines) is 1. The summed E-state index contributed by atoms with van der Waals surface area (Å²) in [6.45, 7) is 2.49. The number of nitrogens with two attached hydrogens (primary N) is 1. The lowest BCUT2D eigenvalue weighted by molar-refractivity contribution is 0.111. The number of nitrogen functional groups attached to an aromatic ring is 1. The monoisotopic (exact) mass is 259 g/mol. The van der Waals surface area contributed by atoms with Gasteiger partial charge in [-0.15, -0.1) is 0 Å². The van der Waals surface area contributed by atoms with Crippen LogP contribution in [0.5, 0.6) is 0 Å². The van der Waals surface area contributed by atoms with Crippen LogP contribution in [0.2, 0.25) is 0 Å². The Labute approximate surface area is 116 Å². The number of nitrogens with zero attached hydrogens (tertiary/aromatic N) is 2. The van der Waals surface area contributed by atoms with Crippen molar-refractivity contribution in [3.63, 3.8) is 0 Å². The van der Waals surface area contributed by atoms with E-state index in [1.165, 1.54) is 49.9 Å². The van der Waals surface area contributed by atoms with Gasteiger partial charge in [0.05, 0.1) is 0 Å². The third-order valence-electron chi connectivity index (χ3n) is 4.89. The minimum Gasteiger partial charge on any atom is -0.399 e. The van der Waals surface area contributed by atoms with Gasteiger partial charge in [0.1, 0.15) is 0 Å². The van der Waals surface area contributed by atoms with Gasteiger partial charge < -0.3 is 10.6 Å². The maximum Gasteiger partial charge on any atom is 0.0316 e. The standard InChI is InChI=1S/C16H25N3/c1-18(2)15-5-7-19(8-6-15)16-10-12-3-4-14(17)9-13(12)11-16/h3-4,9,15-16H,5-8,10-11,17H2,1-2H3/t16-/m0/s1. The lowest BCUT2D eigenvalue weighted by Gasteiger charge is -2.38. The Morgan fingerprint density at radius 2 is 1.79 bits per heavy atom. The molecule has 0 spiro atoms. The van der Waals surface area contributed by atoms with Crippen molar-refractivity contribution in [3.05, 3.63) is 29.3 Å². The minimum absolute atomic E-state index is 0.708. The molecule has 0 aromatic heterocycles. The van der Waals surface area contributed by atoms with E-state index < -0.39 is 0 Å². The number of piperidine rings is 1. The molecule has 104 valence electrons. The summed E-state index contributed by atoms with van der Waals surface area (Å²) >= 11 is 0. The summed E-state index contributed by atoms with van der Waals surface area (Å²) in [7, 11) is 4.41. The van der Waals surface area contributed by atoms with E-state index in [4.69, 9.17) is 5.73 Å². The van der Waals surface area contributed by atoms with Crippen LogP contribution in [-0.2, 0) is 12.8 Å². The maximum absolute atomic E-state index is 5.89. The number of fused-ring (bicyclic) bond motifs is 1. The van der Waals surface area contributed by atoms with E-state index in [0.29, 0.717) is 6.04 Å². The number of anilines is 1. The van der Waals surface area contributed by atoms with Crippen LogP contribution < -0.4 is 5.73 Å². The first-order chi connectivity index (χ1) is 9.13. The highest BCUT2D eigenvalue weighted by Crippen LogP contribution is 2.29. The van der Waals surface area contributed by atoms with Gasteiger partial charge in [-0.2, -0.15) is 0 Å². The van der Waals surface area contributed by atoms with Gasteiger partial charge in [0.15, 0.2) is 0 Å². The van der Waals surface area contributed by atoms with Crippen LogP contribution in [0.1, 0.15) is 24.0 Å². The Bertz CT molecular complexity index is 447. The number of hydrogen-bond acceptors (Lipinski definition) is 3. The van der Waals surface area contributed by atoms with Crippen molar-refractivity contribution < 1.29 is 0 Å².